The summed E-state index contributed by atoms with van der Waals surface area (Å²) < 4.78 is 5.72. The lowest BCUT2D eigenvalue weighted by atomic mass is 9.82. The quantitative estimate of drug-likeness (QED) is 0.865. The number of benzene rings is 1. The molecule has 1 aromatic rings. The molecule has 0 spiro atoms. The second-order valence-corrected chi connectivity index (χ2v) is 6.05. The molecular formula is C16H27NO. The highest BCUT2D eigenvalue weighted by Gasteiger charge is 2.31. The molecule has 0 heterocycles. The Hall–Kier alpha value is -0.860. The monoisotopic (exact) mass is 249 g/mol. The number of hydrogen-bond acceptors (Lipinski definition) is 2. The molecule has 0 bridgehead atoms. The van der Waals surface area contributed by atoms with Crippen molar-refractivity contribution in [1.82, 2.24) is 5.32 Å². The van der Waals surface area contributed by atoms with Gasteiger partial charge in [-0.2, -0.15) is 0 Å². The Labute approximate surface area is 112 Å². The first-order valence-corrected chi connectivity index (χ1v) is 6.64. The molecule has 2 heteroatoms. The zero-order valence-corrected chi connectivity index (χ0v) is 12.6. The lowest BCUT2D eigenvalue weighted by Crippen LogP contribution is -2.47. The average Bonchev–Trinajstić information content (AvgIpc) is 2.29. The number of hydrogen-bond donors (Lipinski definition) is 1. The van der Waals surface area contributed by atoms with Gasteiger partial charge in [0.15, 0.2) is 0 Å². The van der Waals surface area contributed by atoms with Crippen molar-refractivity contribution in [2.45, 2.75) is 46.3 Å². The van der Waals surface area contributed by atoms with E-state index in [1.165, 1.54) is 11.1 Å². The van der Waals surface area contributed by atoms with Crippen LogP contribution < -0.4 is 5.32 Å². The van der Waals surface area contributed by atoms with E-state index in [9.17, 15) is 0 Å². The minimum atomic E-state index is 0.130. The fourth-order valence-corrected chi connectivity index (χ4v) is 2.56. The third-order valence-electron chi connectivity index (χ3n) is 3.54. The van der Waals surface area contributed by atoms with E-state index in [1.807, 2.05) is 7.05 Å². The van der Waals surface area contributed by atoms with Crippen LogP contribution in [0, 0.1) is 12.3 Å². The Kier molecular flexibility index (Phi) is 5.36. The molecule has 0 saturated heterocycles. The van der Waals surface area contributed by atoms with Gasteiger partial charge in [0.2, 0.25) is 0 Å². The molecule has 0 aliphatic rings. The van der Waals surface area contributed by atoms with Crippen LogP contribution in [0.5, 0.6) is 0 Å². The maximum Gasteiger partial charge on any atom is 0.0775 e. The first kappa shape index (κ1) is 15.2. The molecule has 1 aromatic carbocycles. The van der Waals surface area contributed by atoms with Gasteiger partial charge in [0.25, 0.3) is 0 Å². The normalized spacial score (nSPS) is 15.4. The van der Waals surface area contributed by atoms with Crippen molar-refractivity contribution in [3.63, 3.8) is 0 Å². The summed E-state index contributed by atoms with van der Waals surface area (Å²) in [5, 5.41) is 3.41. The molecule has 0 aliphatic heterocycles. The topological polar surface area (TPSA) is 21.3 Å². The Morgan fingerprint density at radius 2 is 1.83 bits per heavy atom. The smallest absolute Gasteiger partial charge is 0.0775 e. The van der Waals surface area contributed by atoms with Crippen molar-refractivity contribution >= 4 is 0 Å². The van der Waals surface area contributed by atoms with E-state index < -0.39 is 0 Å². The molecular weight excluding hydrogens is 222 g/mol. The first-order chi connectivity index (χ1) is 8.40. The van der Waals surface area contributed by atoms with Gasteiger partial charge in [-0.1, -0.05) is 45.0 Å². The van der Waals surface area contributed by atoms with Gasteiger partial charge in [-0.15, -0.1) is 0 Å². The van der Waals surface area contributed by atoms with Gasteiger partial charge in [-0.3, -0.25) is 0 Å². The van der Waals surface area contributed by atoms with Crippen LogP contribution in [0.2, 0.25) is 0 Å². The van der Waals surface area contributed by atoms with E-state index in [0.717, 1.165) is 6.42 Å². The molecule has 102 valence electrons. The molecule has 0 saturated carbocycles. The zero-order chi connectivity index (χ0) is 13.8. The second kappa shape index (κ2) is 6.35. The van der Waals surface area contributed by atoms with Crippen LogP contribution in [0.25, 0.3) is 0 Å². The lowest BCUT2D eigenvalue weighted by Gasteiger charge is -2.36. The second-order valence-electron chi connectivity index (χ2n) is 6.05. The summed E-state index contributed by atoms with van der Waals surface area (Å²) >= 11 is 0. The largest absolute Gasteiger partial charge is 0.379 e. The van der Waals surface area contributed by atoms with Gasteiger partial charge >= 0.3 is 0 Å². The Morgan fingerprint density at radius 1 is 1.22 bits per heavy atom. The number of ether oxygens (including phenoxy) is 1. The number of methoxy groups -OCH3 is 1. The average molecular weight is 249 g/mol. The van der Waals surface area contributed by atoms with Crippen LogP contribution in [-0.2, 0) is 11.2 Å². The van der Waals surface area contributed by atoms with E-state index in [2.05, 4.69) is 57.3 Å². The summed E-state index contributed by atoms with van der Waals surface area (Å²) in [7, 11) is 3.82. The maximum absolute atomic E-state index is 5.72. The summed E-state index contributed by atoms with van der Waals surface area (Å²) in [6.45, 7) is 8.84. The predicted molar refractivity (Wildman–Crippen MR) is 78.0 cm³/mol. The van der Waals surface area contributed by atoms with Gasteiger partial charge in [0.1, 0.15) is 0 Å². The SMILES string of the molecule is CNC(Cc1ccccc1C)C(OC)C(C)(C)C. The molecule has 2 nitrogen and oxygen atoms in total. The zero-order valence-electron chi connectivity index (χ0n) is 12.6. The molecule has 18 heavy (non-hydrogen) atoms. The summed E-state index contributed by atoms with van der Waals surface area (Å²) in [5.41, 5.74) is 2.87. The molecule has 1 N–H and O–H groups in total. The first-order valence-electron chi connectivity index (χ1n) is 6.64. The number of nitrogens with one attached hydrogen (secondary N) is 1. The lowest BCUT2D eigenvalue weighted by molar-refractivity contribution is -0.00924. The molecule has 2 unspecified atom stereocenters. The van der Waals surface area contributed by atoms with E-state index in [4.69, 9.17) is 4.74 Å². The van der Waals surface area contributed by atoms with Crippen LogP contribution in [0.15, 0.2) is 24.3 Å². The molecule has 0 aliphatic carbocycles. The third kappa shape index (κ3) is 3.82. The van der Waals surface area contributed by atoms with E-state index >= 15 is 0 Å². The van der Waals surface area contributed by atoms with Gasteiger partial charge in [0, 0.05) is 13.2 Å². The minimum absolute atomic E-state index is 0.130. The Balaban J connectivity index is 2.88. The van der Waals surface area contributed by atoms with Gasteiger partial charge < -0.3 is 10.1 Å². The van der Waals surface area contributed by atoms with Crippen LogP contribution in [0.1, 0.15) is 31.9 Å². The van der Waals surface area contributed by atoms with Crippen molar-refractivity contribution in [2.24, 2.45) is 5.41 Å². The molecule has 0 fully saturated rings. The van der Waals surface area contributed by atoms with Crippen molar-refractivity contribution in [3.8, 4) is 0 Å². The summed E-state index contributed by atoms with van der Waals surface area (Å²) in [6, 6.07) is 8.89. The Bertz CT molecular complexity index is 368. The third-order valence-corrected chi connectivity index (χ3v) is 3.54. The summed E-state index contributed by atoms with van der Waals surface area (Å²) in [5.74, 6) is 0. The maximum atomic E-state index is 5.72. The molecule has 1 rings (SSSR count). The van der Waals surface area contributed by atoms with E-state index in [-0.39, 0.29) is 11.5 Å². The van der Waals surface area contributed by atoms with Crippen LogP contribution in [0.4, 0.5) is 0 Å². The highest BCUT2D eigenvalue weighted by molar-refractivity contribution is 5.26. The molecule has 2 atom stereocenters. The van der Waals surface area contributed by atoms with Crippen LogP contribution in [0.3, 0.4) is 0 Å². The minimum Gasteiger partial charge on any atom is -0.379 e. The number of likely N-dealkylation sites (N-methyl/N-ethyl adjacent to an activating group) is 1. The van der Waals surface area contributed by atoms with Crippen molar-refractivity contribution in [2.75, 3.05) is 14.2 Å². The number of rotatable bonds is 5. The fraction of sp³-hybridized carbons (Fsp3) is 0.625. The molecule has 0 radical (unpaired) electrons. The van der Waals surface area contributed by atoms with E-state index in [0.29, 0.717) is 6.04 Å². The molecule has 0 aromatic heterocycles. The van der Waals surface area contributed by atoms with E-state index in [1.54, 1.807) is 7.11 Å². The summed E-state index contributed by atoms with van der Waals surface area (Å²) in [4.78, 5) is 0. The van der Waals surface area contributed by atoms with Gasteiger partial charge in [-0.25, -0.2) is 0 Å². The standard InChI is InChI=1S/C16H27NO/c1-12-9-7-8-10-13(12)11-14(17-5)15(18-6)16(2,3)4/h7-10,14-15,17H,11H2,1-6H3. The Morgan fingerprint density at radius 3 is 2.28 bits per heavy atom. The fourth-order valence-electron chi connectivity index (χ4n) is 2.56. The van der Waals surface area contributed by atoms with Gasteiger partial charge in [0.05, 0.1) is 6.10 Å². The van der Waals surface area contributed by atoms with Gasteiger partial charge in [-0.05, 0) is 36.9 Å². The summed E-state index contributed by atoms with van der Waals surface area (Å²) in [6.07, 6.45) is 1.20. The predicted octanol–water partition coefficient (Wildman–Crippen LogP) is 3.19. The van der Waals surface area contributed by atoms with Crippen LogP contribution >= 0.6 is 0 Å². The highest BCUT2D eigenvalue weighted by atomic mass is 16.5. The highest BCUT2D eigenvalue weighted by Crippen LogP contribution is 2.26. The number of aryl methyl sites for hydroxylation is 1. The van der Waals surface area contributed by atoms with Crippen molar-refractivity contribution in [1.29, 1.82) is 0 Å². The van der Waals surface area contributed by atoms with Crippen molar-refractivity contribution in [3.05, 3.63) is 35.4 Å². The van der Waals surface area contributed by atoms with Crippen LogP contribution in [-0.4, -0.2) is 26.3 Å². The molecule has 0 amide bonds. The van der Waals surface area contributed by atoms with Crippen molar-refractivity contribution < 1.29 is 4.74 Å².